The van der Waals surface area contributed by atoms with Gasteiger partial charge in [-0.15, -0.1) is 0 Å². The molecule has 0 aromatic rings. The third-order valence-electron chi connectivity index (χ3n) is 12.1. The van der Waals surface area contributed by atoms with Crippen molar-refractivity contribution < 1.29 is 24.5 Å². The fraction of sp³-hybridized carbons (Fsp3) is 0.923. The number of carbonyl (C=O) groups excluding carboxylic acids is 2. The van der Waals surface area contributed by atoms with Gasteiger partial charge in [-0.2, -0.15) is 0 Å². The molecule has 0 fully saturated rings. The van der Waals surface area contributed by atoms with E-state index in [1.165, 1.54) is 180 Å². The fourth-order valence-electron chi connectivity index (χ4n) is 8.05. The van der Waals surface area contributed by atoms with Gasteiger partial charge in [0.1, 0.15) is 0 Å². The maximum Gasteiger partial charge on any atom is 0.305 e. The highest BCUT2D eigenvalue weighted by Gasteiger charge is 2.20. The van der Waals surface area contributed by atoms with E-state index >= 15 is 0 Å². The zero-order valence-corrected chi connectivity index (χ0v) is 39.0. The van der Waals surface area contributed by atoms with Crippen molar-refractivity contribution in [2.45, 2.75) is 296 Å². The number of hydrogen-bond acceptors (Lipinski definition) is 5. The van der Waals surface area contributed by atoms with Crippen LogP contribution in [0.1, 0.15) is 284 Å². The Bertz CT molecular complexity index is 863. The molecule has 0 saturated carbocycles. The van der Waals surface area contributed by atoms with Crippen LogP contribution in [-0.2, 0) is 14.3 Å². The first-order valence-electron chi connectivity index (χ1n) is 25.9. The molecule has 0 aliphatic rings. The lowest BCUT2D eigenvalue weighted by Gasteiger charge is -2.22. The number of aliphatic hydroxyl groups is 2. The van der Waals surface area contributed by atoms with Crippen molar-refractivity contribution in [2.75, 3.05) is 13.2 Å². The van der Waals surface area contributed by atoms with Crippen LogP contribution in [0.5, 0.6) is 0 Å². The van der Waals surface area contributed by atoms with Gasteiger partial charge in [-0.1, -0.05) is 231 Å². The van der Waals surface area contributed by atoms with Gasteiger partial charge in [-0.25, -0.2) is 0 Å². The Morgan fingerprint density at radius 2 is 0.810 bits per heavy atom. The summed E-state index contributed by atoms with van der Waals surface area (Å²) in [5.41, 5.74) is 0. The molecule has 0 aliphatic heterocycles. The smallest absolute Gasteiger partial charge is 0.305 e. The molecule has 0 spiro atoms. The predicted octanol–water partition coefficient (Wildman–Crippen LogP) is 15.3. The summed E-state index contributed by atoms with van der Waals surface area (Å²) in [5.74, 6) is -0.0579. The van der Waals surface area contributed by atoms with Crippen molar-refractivity contribution in [2.24, 2.45) is 0 Å². The van der Waals surface area contributed by atoms with Crippen LogP contribution in [0.4, 0.5) is 0 Å². The maximum absolute atomic E-state index is 12.4. The Morgan fingerprint density at radius 3 is 1.22 bits per heavy atom. The number of hydrogen-bond donors (Lipinski definition) is 3. The summed E-state index contributed by atoms with van der Waals surface area (Å²) >= 11 is 0. The molecule has 0 bridgehead atoms. The average Bonchev–Trinajstić information content (AvgIpc) is 3.22. The first-order valence-corrected chi connectivity index (χ1v) is 25.9. The van der Waals surface area contributed by atoms with Crippen LogP contribution in [0.25, 0.3) is 0 Å². The molecule has 2 unspecified atom stereocenters. The largest absolute Gasteiger partial charge is 0.466 e. The van der Waals surface area contributed by atoms with Crippen molar-refractivity contribution in [1.82, 2.24) is 5.32 Å². The standard InChI is InChI=1S/C52H101NO5/c1-3-5-7-9-11-13-15-16-18-22-26-30-34-38-42-46-52(57)58-47-43-39-35-31-27-23-20-17-19-21-25-29-33-37-41-45-51(56)53-49(48-54)50(55)44-40-36-32-28-24-14-12-10-8-6-4-2/h20,23,49-50,54-55H,3-19,21-22,24-48H2,1-2H3,(H,53,56)/b23-20-. The van der Waals surface area contributed by atoms with E-state index in [1.54, 1.807) is 0 Å². The lowest BCUT2D eigenvalue weighted by Crippen LogP contribution is -2.45. The van der Waals surface area contributed by atoms with Crippen LogP contribution in [-0.4, -0.2) is 47.4 Å². The second-order valence-corrected chi connectivity index (χ2v) is 17.9. The number of rotatable bonds is 48. The summed E-state index contributed by atoms with van der Waals surface area (Å²) < 4.78 is 5.46. The van der Waals surface area contributed by atoms with E-state index in [9.17, 15) is 19.8 Å². The molecule has 0 saturated heterocycles. The van der Waals surface area contributed by atoms with E-state index < -0.39 is 12.1 Å². The molecular weight excluding hydrogens is 719 g/mol. The van der Waals surface area contributed by atoms with E-state index in [0.717, 1.165) is 70.6 Å². The Balaban J connectivity index is 3.45. The monoisotopic (exact) mass is 820 g/mol. The molecule has 58 heavy (non-hydrogen) atoms. The molecule has 0 aromatic heterocycles. The van der Waals surface area contributed by atoms with Gasteiger partial charge >= 0.3 is 5.97 Å². The number of nitrogens with one attached hydrogen (secondary N) is 1. The number of ether oxygens (including phenoxy) is 1. The number of esters is 1. The summed E-state index contributed by atoms with van der Waals surface area (Å²) in [6.07, 6.45) is 54.7. The number of unbranched alkanes of at least 4 members (excludes halogenated alkanes) is 35. The Morgan fingerprint density at radius 1 is 0.466 bits per heavy atom. The van der Waals surface area contributed by atoms with Crippen molar-refractivity contribution in [3.05, 3.63) is 12.2 Å². The van der Waals surface area contributed by atoms with Gasteiger partial charge < -0.3 is 20.3 Å². The van der Waals surface area contributed by atoms with Crippen molar-refractivity contribution in [1.29, 1.82) is 0 Å². The fourth-order valence-corrected chi connectivity index (χ4v) is 8.05. The van der Waals surface area contributed by atoms with Gasteiger partial charge in [0.2, 0.25) is 5.91 Å². The average molecular weight is 820 g/mol. The number of carbonyl (C=O) groups is 2. The quantitative estimate of drug-likeness (QED) is 0.0323. The summed E-state index contributed by atoms with van der Waals surface area (Å²) in [5, 5.41) is 23.1. The van der Waals surface area contributed by atoms with Gasteiger partial charge in [0, 0.05) is 12.8 Å². The van der Waals surface area contributed by atoms with Crippen LogP contribution in [0.15, 0.2) is 12.2 Å². The lowest BCUT2D eigenvalue weighted by molar-refractivity contribution is -0.143. The van der Waals surface area contributed by atoms with Crippen LogP contribution in [0, 0.1) is 0 Å². The van der Waals surface area contributed by atoms with Gasteiger partial charge in [-0.3, -0.25) is 9.59 Å². The minimum absolute atomic E-state index is 0.00721. The Labute approximate surface area is 361 Å². The highest BCUT2D eigenvalue weighted by atomic mass is 16.5. The molecule has 0 heterocycles. The zero-order valence-electron chi connectivity index (χ0n) is 39.0. The van der Waals surface area contributed by atoms with Crippen LogP contribution in [0.3, 0.4) is 0 Å². The van der Waals surface area contributed by atoms with E-state index in [1.807, 2.05) is 0 Å². The first kappa shape index (κ1) is 56.6. The summed E-state index contributed by atoms with van der Waals surface area (Å²) in [6, 6.07) is -0.550. The van der Waals surface area contributed by atoms with E-state index in [-0.39, 0.29) is 18.5 Å². The van der Waals surface area contributed by atoms with E-state index in [0.29, 0.717) is 25.9 Å². The molecule has 0 aliphatic carbocycles. The maximum atomic E-state index is 12.4. The first-order chi connectivity index (χ1) is 28.5. The predicted molar refractivity (Wildman–Crippen MR) is 250 cm³/mol. The summed E-state index contributed by atoms with van der Waals surface area (Å²) in [7, 11) is 0. The van der Waals surface area contributed by atoms with Crippen molar-refractivity contribution in [3.8, 4) is 0 Å². The molecule has 6 heteroatoms. The second-order valence-electron chi connectivity index (χ2n) is 17.9. The number of allylic oxidation sites excluding steroid dienone is 2. The van der Waals surface area contributed by atoms with Gasteiger partial charge in [0.05, 0.1) is 25.4 Å². The molecule has 3 N–H and O–H groups in total. The molecule has 2 atom stereocenters. The second kappa shape index (κ2) is 48.3. The molecule has 0 radical (unpaired) electrons. The molecule has 6 nitrogen and oxygen atoms in total. The van der Waals surface area contributed by atoms with Gasteiger partial charge in [0.15, 0.2) is 0 Å². The summed E-state index contributed by atoms with van der Waals surface area (Å²) in [4.78, 5) is 24.4. The molecule has 0 aromatic carbocycles. The van der Waals surface area contributed by atoms with Gasteiger partial charge in [0.25, 0.3) is 0 Å². The highest BCUT2D eigenvalue weighted by molar-refractivity contribution is 5.76. The normalized spacial score (nSPS) is 12.7. The third kappa shape index (κ3) is 44.2. The number of aliphatic hydroxyl groups excluding tert-OH is 2. The van der Waals surface area contributed by atoms with Crippen molar-refractivity contribution in [3.63, 3.8) is 0 Å². The molecule has 1 amide bonds. The summed E-state index contributed by atoms with van der Waals surface area (Å²) in [6.45, 7) is 4.91. The van der Waals surface area contributed by atoms with Crippen LogP contribution < -0.4 is 5.32 Å². The highest BCUT2D eigenvalue weighted by Crippen LogP contribution is 2.16. The van der Waals surface area contributed by atoms with E-state index in [4.69, 9.17) is 4.74 Å². The SMILES string of the molecule is CCCCCCCCCCCCCCCCCC(=O)OCCCCCC/C=C\CCCCCCCCCC(=O)NC(CO)C(O)CCCCCCCCCCCCC. The Kier molecular flexibility index (Phi) is 47.1. The van der Waals surface area contributed by atoms with Gasteiger partial charge in [-0.05, 0) is 51.4 Å². The topological polar surface area (TPSA) is 95.9 Å². The molecular formula is C52H101NO5. The minimum Gasteiger partial charge on any atom is -0.466 e. The van der Waals surface area contributed by atoms with E-state index in [2.05, 4.69) is 31.3 Å². The lowest BCUT2D eigenvalue weighted by atomic mass is 10.0. The third-order valence-corrected chi connectivity index (χ3v) is 12.1. The minimum atomic E-state index is -0.671. The molecule has 0 rings (SSSR count). The number of amides is 1. The van der Waals surface area contributed by atoms with Crippen LogP contribution >= 0.6 is 0 Å². The van der Waals surface area contributed by atoms with Crippen LogP contribution in [0.2, 0.25) is 0 Å². The molecule has 344 valence electrons. The zero-order chi connectivity index (χ0) is 42.3. The van der Waals surface area contributed by atoms with Crippen molar-refractivity contribution >= 4 is 11.9 Å². The Hall–Kier alpha value is -1.40.